The molecule has 0 radical (unpaired) electrons. The van der Waals surface area contributed by atoms with E-state index in [2.05, 4.69) is 25.9 Å². The summed E-state index contributed by atoms with van der Waals surface area (Å²) in [6.07, 6.45) is 1.97. The molecule has 1 rings (SSSR count). The first-order valence-corrected chi connectivity index (χ1v) is 6.31. The van der Waals surface area contributed by atoms with Crippen molar-refractivity contribution in [1.82, 2.24) is 9.78 Å². The van der Waals surface area contributed by atoms with Crippen molar-refractivity contribution in [1.29, 1.82) is 0 Å². The van der Waals surface area contributed by atoms with Crippen LogP contribution in [0.3, 0.4) is 0 Å². The van der Waals surface area contributed by atoms with Crippen molar-refractivity contribution in [2.75, 3.05) is 0 Å². The van der Waals surface area contributed by atoms with Gasteiger partial charge in [-0.05, 0) is 18.8 Å². The van der Waals surface area contributed by atoms with Gasteiger partial charge in [-0.1, -0.05) is 32.4 Å². The van der Waals surface area contributed by atoms with Gasteiger partial charge in [-0.15, -0.1) is 11.6 Å². The van der Waals surface area contributed by atoms with Gasteiger partial charge in [0.2, 0.25) is 0 Å². The third-order valence-electron chi connectivity index (χ3n) is 2.45. The SMILES string of the molecule is CCc1nn(CCC(C)C)c(Cl)c1CCl. The topological polar surface area (TPSA) is 17.8 Å². The first kappa shape index (κ1) is 12.9. The number of hydrogen-bond acceptors (Lipinski definition) is 1. The molecular weight excluding hydrogens is 231 g/mol. The number of aromatic nitrogens is 2. The van der Waals surface area contributed by atoms with Crippen molar-refractivity contribution >= 4 is 23.2 Å². The van der Waals surface area contributed by atoms with Gasteiger partial charge in [-0.2, -0.15) is 5.10 Å². The van der Waals surface area contributed by atoms with Crippen molar-refractivity contribution in [3.05, 3.63) is 16.4 Å². The van der Waals surface area contributed by atoms with Gasteiger partial charge in [0.25, 0.3) is 0 Å². The highest BCUT2D eigenvalue weighted by Crippen LogP contribution is 2.23. The van der Waals surface area contributed by atoms with E-state index in [0.717, 1.165) is 30.6 Å². The van der Waals surface area contributed by atoms with E-state index in [9.17, 15) is 0 Å². The minimum atomic E-state index is 0.448. The minimum Gasteiger partial charge on any atom is -0.253 e. The van der Waals surface area contributed by atoms with Gasteiger partial charge in [0.05, 0.1) is 11.6 Å². The maximum absolute atomic E-state index is 6.21. The quantitative estimate of drug-likeness (QED) is 0.724. The summed E-state index contributed by atoms with van der Waals surface area (Å²) in [5.74, 6) is 1.11. The van der Waals surface area contributed by atoms with Crippen molar-refractivity contribution < 1.29 is 0 Å². The van der Waals surface area contributed by atoms with Gasteiger partial charge in [-0.3, -0.25) is 4.68 Å². The monoisotopic (exact) mass is 248 g/mol. The fraction of sp³-hybridized carbons (Fsp3) is 0.727. The molecule has 1 aromatic rings. The second-order valence-corrected chi connectivity index (χ2v) is 4.73. The van der Waals surface area contributed by atoms with Crippen LogP contribution < -0.4 is 0 Å². The summed E-state index contributed by atoms with van der Waals surface area (Å²) in [6.45, 7) is 7.34. The predicted molar refractivity (Wildman–Crippen MR) is 65.6 cm³/mol. The smallest absolute Gasteiger partial charge is 0.131 e. The summed E-state index contributed by atoms with van der Waals surface area (Å²) in [7, 11) is 0. The molecule has 0 fully saturated rings. The van der Waals surface area contributed by atoms with Gasteiger partial charge in [0, 0.05) is 12.1 Å². The Morgan fingerprint density at radius 3 is 2.47 bits per heavy atom. The molecule has 0 bridgehead atoms. The Labute approximate surface area is 102 Å². The molecule has 4 heteroatoms. The predicted octanol–water partition coefficient (Wildman–Crippen LogP) is 3.88. The van der Waals surface area contributed by atoms with Gasteiger partial charge in [0.15, 0.2) is 0 Å². The second kappa shape index (κ2) is 5.76. The Hall–Kier alpha value is -0.210. The number of aryl methyl sites for hydroxylation is 2. The van der Waals surface area contributed by atoms with E-state index in [1.807, 2.05) is 4.68 Å². The minimum absolute atomic E-state index is 0.448. The Kier molecular flexibility index (Phi) is 4.94. The average molecular weight is 249 g/mol. The summed E-state index contributed by atoms with van der Waals surface area (Å²) in [5.41, 5.74) is 2.02. The Bertz CT molecular complexity index is 319. The van der Waals surface area contributed by atoms with Gasteiger partial charge < -0.3 is 0 Å². The maximum atomic E-state index is 6.21. The van der Waals surface area contributed by atoms with E-state index in [1.165, 1.54) is 0 Å². The second-order valence-electron chi connectivity index (χ2n) is 4.11. The molecule has 0 saturated heterocycles. The first-order chi connectivity index (χ1) is 7.10. The molecule has 1 heterocycles. The van der Waals surface area contributed by atoms with Crippen LogP contribution in [-0.2, 0) is 18.8 Å². The molecule has 0 aliphatic carbocycles. The largest absolute Gasteiger partial charge is 0.253 e. The van der Waals surface area contributed by atoms with Crippen molar-refractivity contribution in [2.45, 2.75) is 46.0 Å². The highest BCUT2D eigenvalue weighted by atomic mass is 35.5. The molecule has 0 spiro atoms. The number of halogens is 2. The van der Waals surface area contributed by atoms with Crippen LogP contribution in [0, 0.1) is 5.92 Å². The lowest BCUT2D eigenvalue weighted by atomic mass is 10.1. The zero-order chi connectivity index (χ0) is 11.4. The van der Waals surface area contributed by atoms with E-state index in [4.69, 9.17) is 23.2 Å². The fourth-order valence-corrected chi connectivity index (χ4v) is 2.12. The van der Waals surface area contributed by atoms with Crippen LogP contribution in [0.2, 0.25) is 5.15 Å². The Morgan fingerprint density at radius 1 is 1.40 bits per heavy atom. The molecule has 86 valence electrons. The van der Waals surface area contributed by atoms with E-state index in [-0.39, 0.29) is 0 Å². The summed E-state index contributed by atoms with van der Waals surface area (Å²) in [5, 5.41) is 5.18. The molecule has 1 aromatic heterocycles. The standard InChI is InChI=1S/C11H18Cl2N2/c1-4-10-9(7-12)11(13)15(14-10)6-5-8(2)3/h8H,4-7H2,1-3H3. The highest BCUT2D eigenvalue weighted by Gasteiger charge is 2.13. The van der Waals surface area contributed by atoms with Crippen molar-refractivity contribution in [3.63, 3.8) is 0 Å². The molecule has 0 aliphatic heterocycles. The van der Waals surface area contributed by atoms with E-state index in [1.54, 1.807) is 0 Å². The first-order valence-electron chi connectivity index (χ1n) is 5.40. The van der Waals surface area contributed by atoms with Crippen LogP contribution in [0.25, 0.3) is 0 Å². The van der Waals surface area contributed by atoms with E-state index < -0.39 is 0 Å². The molecule has 0 amide bonds. The van der Waals surface area contributed by atoms with Crippen LogP contribution >= 0.6 is 23.2 Å². The summed E-state index contributed by atoms with van der Waals surface area (Å²) in [6, 6.07) is 0. The molecule has 0 saturated carbocycles. The fourth-order valence-electron chi connectivity index (χ4n) is 1.47. The molecule has 15 heavy (non-hydrogen) atoms. The van der Waals surface area contributed by atoms with Crippen molar-refractivity contribution in [3.8, 4) is 0 Å². The lowest BCUT2D eigenvalue weighted by molar-refractivity contribution is 0.485. The maximum Gasteiger partial charge on any atom is 0.131 e. The molecule has 2 nitrogen and oxygen atoms in total. The molecule has 0 aliphatic rings. The molecule has 0 aromatic carbocycles. The lowest BCUT2D eigenvalue weighted by Gasteiger charge is -2.05. The molecular formula is C11H18Cl2N2. The summed E-state index contributed by atoms with van der Waals surface area (Å²) >= 11 is 12.1. The normalized spacial score (nSPS) is 11.3. The number of alkyl halides is 1. The van der Waals surface area contributed by atoms with Crippen LogP contribution in [0.4, 0.5) is 0 Å². The molecule has 0 N–H and O–H groups in total. The number of hydrogen-bond donors (Lipinski definition) is 0. The summed E-state index contributed by atoms with van der Waals surface area (Å²) in [4.78, 5) is 0. The van der Waals surface area contributed by atoms with Crippen LogP contribution in [-0.4, -0.2) is 9.78 Å². The zero-order valence-electron chi connectivity index (χ0n) is 9.56. The van der Waals surface area contributed by atoms with Crippen molar-refractivity contribution in [2.24, 2.45) is 5.92 Å². The van der Waals surface area contributed by atoms with Crippen LogP contribution in [0.1, 0.15) is 38.4 Å². The third kappa shape index (κ3) is 3.12. The van der Waals surface area contributed by atoms with Gasteiger partial charge >= 0.3 is 0 Å². The average Bonchev–Trinajstić information content (AvgIpc) is 2.51. The highest BCUT2D eigenvalue weighted by molar-refractivity contribution is 6.31. The summed E-state index contributed by atoms with van der Waals surface area (Å²) < 4.78 is 1.87. The number of rotatable bonds is 5. The van der Waals surface area contributed by atoms with Crippen LogP contribution in [0.15, 0.2) is 0 Å². The van der Waals surface area contributed by atoms with Gasteiger partial charge in [0.1, 0.15) is 5.15 Å². The Morgan fingerprint density at radius 2 is 2.07 bits per heavy atom. The third-order valence-corrected chi connectivity index (χ3v) is 3.14. The van der Waals surface area contributed by atoms with Gasteiger partial charge in [-0.25, -0.2) is 0 Å². The van der Waals surface area contributed by atoms with Crippen LogP contribution in [0.5, 0.6) is 0 Å². The van der Waals surface area contributed by atoms with E-state index in [0.29, 0.717) is 17.0 Å². The number of nitrogens with zero attached hydrogens (tertiary/aromatic N) is 2. The van der Waals surface area contributed by atoms with E-state index >= 15 is 0 Å². The molecule has 0 unspecified atom stereocenters. The lowest BCUT2D eigenvalue weighted by Crippen LogP contribution is -2.03. The Balaban J connectivity index is 2.84. The zero-order valence-corrected chi connectivity index (χ0v) is 11.1. The molecule has 0 atom stereocenters.